The molecule has 0 bridgehead atoms. The summed E-state index contributed by atoms with van der Waals surface area (Å²) in [5.74, 6) is 0.896. The highest BCUT2D eigenvalue weighted by molar-refractivity contribution is 6.05. The lowest BCUT2D eigenvalue weighted by Crippen LogP contribution is -2.17. The van der Waals surface area contributed by atoms with Crippen LogP contribution in [0.25, 0.3) is 66.1 Å². The van der Waals surface area contributed by atoms with E-state index in [2.05, 4.69) is 215 Å². The molecule has 2 aliphatic carbocycles. The Kier molecular flexibility index (Phi) is 8.90. The Balaban J connectivity index is 0.909. The Morgan fingerprint density at radius 2 is 1.16 bits per heavy atom. The van der Waals surface area contributed by atoms with Gasteiger partial charge in [-0.1, -0.05) is 191 Å². The number of hydrogen-bond donors (Lipinski definition) is 0. The maximum atomic E-state index is 6.28. The molecule has 3 unspecified atom stereocenters. The Bertz CT molecular complexity index is 3370. The van der Waals surface area contributed by atoms with Crippen LogP contribution >= 0.6 is 0 Å². The fraction of sp³-hybridized carbons (Fsp3) is 0.161. The molecule has 1 nitrogen and oxygen atoms in total. The Morgan fingerprint density at radius 3 is 2.00 bits per heavy atom. The van der Waals surface area contributed by atoms with Crippen molar-refractivity contribution < 1.29 is 4.42 Å². The first-order valence-corrected chi connectivity index (χ1v) is 22.8. The molecule has 63 heavy (non-hydrogen) atoms. The maximum absolute atomic E-state index is 6.28. The summed E-state index contributed by atoms with van der Waals surface area (Å²) in [6.07, 6.45) is 3.03. The van der Waals surface area contributed by atoms with Crippen molar-refractivity contribution >= 4 is 32.7 Å². The van der Waals surface area contributed by atoms with E-state index in [1.54, 1.807) is 0 Å². The van der Waals surface area contributed by atoms with Crippen LogP contribution in [0.3, 0.4) is 0 Å². The van der Waals surface area contributed by atoms with Crippen LogP contribution < -0.4 is 0 Å². The van der Waals surface area contributed by atoms with E-state index in [0.717, 1.165) is 30.4 Å². The van der Waals surface area contributed by atoms with Crippen LogP contribution in [-0.2, 0) is 18.3 Å². The monoisotopic (exact) mass is 810 g/mol. The Morgan fingerprint density at radius 1 is 0.492 bits per heavy atom. The van der Waals surface area contributed by atoms with Crippen molar-refractivity contribution in [2.75, 3.05) is 0 Å². The molecule has 9 aromatic carbocycles. The van der Waals surface area contributed by atoms with E-state index in [-0.39, 0.29) is 17.3 Å². The molecule has 304 valence electrons. The van der Waals surface area contributed by atoms with Gasteiger partial charge in [0.1, 0.15) is 11.2 Å². The van der Waals surface area contributed by atoms with E-state index < -0.39 is 0 Å². The van der Waals surface area contributed by atoms with Crippen molar-refractivity contribution in [2.45, 2.75) is 63.2 Å². The number of benzene rings is 9. The number of rotatable bonds is 9. The summed E-state index contributed by atoms with van der Waals surface area (Å²) in [7, 11) is 0. The first-order chi connectivity index (χ1) is 30.9. The summed E-state index contributed by atoms with van der Waals surface area (Å²) in [5.41, 5.74) is 21.2. The minimum absolute atomic E-state index is 0.153. The molecule has 1 heteroatoms. The zero-order valence-corrected chi connectivity index (χ0v) is 36.2. The van der Waals surface area contributed by atoms with Crippen LogP contribution in [0, 0.1) is 0 Å². The number of aryl methyl sites for hydroxylation is 1. The fourth-order valence-corrected chi connectivity index (χ4v) is 11.6. The van der Waals surface area contributed by atoms with Gasteiger partial charge in [-0.15, -0.1) is 0 Å². The standard InChI is InChI=1S/C62H50O/c1-39(54(34-40-16-6-4-7-17-40)44-29-33-60-56(36-44)51-23-14-15-25-59(51)63-60)42-26-32-53-57(37-42)62(2,3)58-38-45(46-20-10-13-24-52(46)61(53)58)28-31-50-48-22-12-11-21-47(48)49-30-27-43(35-55(49)50)41-18-8-5-9-19-41/h4-27,29-30,32-33,35-39,50,54H,28,31,34H2,1-3H3. The molecule has 0 aliphatic heterocycles. The van der Waals surface area contributed by atoms with Crippen LogP contribution in [0.2, 0.25) is 0 Å². The van der Waals surface area contributed by atoms with Gasteiger partial charge < -0.3 is 4.42 Å². The molecule has 0 amide bonds. The molecule has 0 saturated heterocycles. The third kappa shape index (κ3) is 6.20. The lowest BCUT2D eigenvalue weighted by molar-refractivity contribution is 0.570. The molecule has 3 atom stereocenters. The van der Waals surface area contributed by atoms with E-state index in [9.17, 15) is 0 Å². The van der Waals surface area contributed by atoms with Crippen LogP contribution in [0.5, 0.6) is 0 Å². The summed E-state index contributed by atoms with van der Waals surface area (Å²) in [6, 6.07) is 72.6. The molecule has 12 rings (SSSR count). The molecule has 1 aromatic heterocycles. The predicted octanol–water partition coefficient (Wildman–Crippen LogP) is 16.6. The average molecular weight is 811 g/mol. The molecule has 0 radical (unpaired) electrons. The van der Waals surface area contributed by atoms with Crippen molar-refractivity contribution in [3.05, 3.63) is 239 Å². The zero-order chi connectivity index (χ0) is 42.2. The van der Waals surface area contributed by atoms with Gasteiger partial charge in [0.2, 0.25) is 0 Å². The Hall–Kier alpha value is -6.96. The van der Waals surface area contributed by atoms with Crippen LogP contribution in [-0.4, -0.2) is 0 Å². The second-order valence-electron chi connectivity index (χ2n) is 18.7. The largest absolute Gasteiger partial charge is 0.456 e. The van der Waals surface area contributed by atoms with Crippen molar-refractivity contribution in [3.8, 4) is 33.4 Å². The zero-order valence-electron chi connectivity index (χ0n) is 36.2. The highest BCUT2D eigenvalue weighted by atomic mass is 16.3. The van der Waals surface area contributed by atoms with E-state index >= 15 is 0 Å². The number of fused-ring (bicyclic) bond motifs is 11. The molecular formula is C62H50O. The quantitative estimate of drug-likeness (QED) is 0.142. The Labute approximate surface area is 370 Å². The molecule has 1 heterocycles. The fourth-order valence-electron chi connectivity index (χ4n) is 11.6. The normalized spacial score (nSPS) is 15.6. The number of hydrogen-bond acceptors (Lipinski definition) is 1. The molecule has 0 saturated carbocycles. The third-order valence-electron chi connectivity index (χ3n) is 14.9. The lowest BCUT2D eigenvalue weighted by atomic mass is 9.76. The molecule has 10 aromatic rings. The smallest absolute Gasteiger partial charge is 0.135 e. The molecule has 0 fully saturated rings. The van der Waals surface area contributed by atoms with Gasteiger partial charge in [-0.3, -0.25) is 0 Å². The average Bonchev–Trinajstić information content (AvgIpc) is 3.94. The van der Waals surface area contributed by atoms with Gasteiger partial charge in [-0.05, 0) is 144 Å². The number of furan rings is 1. The summed E-state index contributed by atoms with van der Waals surface area (Å²) < 4.78 is 6.28. The lowest BCUT2D eigenvalue weighted by Gasteiger charge is -2.28. The van der Waals surface area contributed by atoms with E-state index in [1.807, 2.05) is 0 Å². The highest BCUT2D eigenvalue weighted by Gasteiger charge is 2.38. The van der Waals surface area contributed by atoms with Gasteiger partial charge in [0, 0.05) is 22.1 Å². The topological polar surface area (TPSA) is 13.1 Å². The van der Waals surface area contributed by atoms with Crippen LogP contribution in [0.4, 0.5) is 0 Å². The number of para-hydroxylation sites is 1. The molecule has 2 aliphatic rings. The van der Waals surface area contributed by atoms with Crippen LogP contribution in [0.15, 0.2) is 199 Å². The van der Waals surface area contributed by atoms with Crippen LogP contribution in [0.1, 0.15) is 89.5 Å². The predicted molar refractivity (Wildman–Crippen MR) is 264 cm³/mol. The van der Waals surface area contributed by atoms with Crippen molar-refractivity contribution in [1.82, 2.24) is 0 Å². The molecule has 0 spiro atoms. The first-order valence-electron chi connectivity index (χ1n) is 22.8. The van der Waals surface area contributed by atoms with Gasteiger partial charge >= 0.3 is 0 Å². The second kappa shape index (κ2) is 14.8. The molecular weight excluding hydrogens is 761 g/mol. The van der Waals surface area contributed by atoms with Gasteiger partial charge in [0.25, 0.3) is 0 Å². The van der Waals surface area contributed by atoms with Crippen molar-refractivity contribution in [2.24, 2.45) is 0 Å². The maximum Gasteiger partial charge on any atom is 0.135 e. The second-order valence-corrected chi connectivity index (χ2v) is 18.7. The van der Waals surface area contributed by atoms with Crippen molar-refractivity contribution in [1.29, 1.82) is 0 Å². The summed E-state index contributed by atoms with van der Waals surface area (Å²) in [5, 5.41) is 5.13. The molecule has 0 N–H and O–H groups in total. The van der Waals surface area contributed by atoms with Gasteiger partial charge in [-0.25, -0.2) is 0 Å². The van der Waals surface area contributed by atoms with Gasteiger partial charge in [0.05, 0.1) is 0 Å². The minimum atomic E-state index is -0.153. The summed E-state index contributed by atoms with van der Waals surface area (Å²) in [6.45, 7) is 7.36. The highest BCUT2D eigenvalue weighted by Crippen LogP contribution is 2.54. The van der Waals surface area contributed by atoms with Gasteiger partial charge in [-0.2, -0.15) is 0 Å². The summed E-state index contributed by atoms with van der Waals surface area (Å²) in [4.78, 5) is 0. The SMILES string of the molecule is CC(c1ccc2c(c1)C(C)(C)c1cc(CCC3c4ccccc4-c4ccc(-c5ccccc5)cc43)c3ccccc3c1-2)C(Cc1ccccc1)c1ccc2oc3ccccc3c2c1. The third-order valence-corrected chi connectivity index (χ3v) is 14.9. The van der Waals surface area contributed by atoms with Crippen molar-refractivity contribution in [3.63, 3.8) is 0 Å². The van der Waals surface area contributed by atoms with E-state index in [0.29, 0.717) is 5.92 Å². The summed E-state index contributed by atoms with van der Waals surface area (Å²) >= 11 is 0. The first kappa shape index (κ1) is 37.8. The van der Waals surface area contributed by atoms with E-state index in [1.165, 1.54) is 99.4 Å². The van der Waals surface area contributed by atoms with Gasteiger partial charge in [0.15, 0.2) is 0 Å². The van der Waals surface area contributed by atoms with E-state index in [4.69, 9.17) is 4.42 Å². The minimum Gasteiger partial charge on any atom is -0.456 e.